The number of amides is 2. The molecule has 0 spiro atoms. The second kappa shape index (κ2) is 7.74. The summed E-state index contributed by atoms with van der Waals surface area (Å²) >= 11 is 5.95. The first-order valence-electron chi connectivity index (χ1n) is 7.08. The Morgan fingerprint density at radius 1 is 1.09 bits per heavy atom. The summed E-state index contributed by atoms with van der Waals surface area (Å²) in [6.45, 7) is 1.90. The van der Waals surface area contributed by atoms with Crippen LogP contribution >= 0.6 is 11.6 Å². The van der Waals surface area contributed by atoms with Gasteiger partial charge in [-0.25, -0.2) is 4.79 Å². The molecule has 6 heteroatoms. The number of ether oxygens (including phenoxy) is 2. The summed E-state index contributed by atoms with van der Waals surface area (Å²) in [6, 6.07) is 12.1. The molecule has 0 saturated heterocycles. The van der Waals surface area contributed by atoms with Crippen molar-refractivity contribution in [2.24, 2.45) is 0 Å². The molecule has 2 aromatic carbocycles. The molecule has 0 aliphatic rings. The maximum Gasteiger partial charge on any atom is 0.319 e. The van der Waals surface area contributed by atoms with Gasteiger partial charge in [-0.1, -0.05) is 23.7 Å². The highest BCUT2D eigenvalue weighted by atomic mass is 35.5. The average Bonchev–Trinajstić information content (AvgIpc) is 2.55. The number of urea groups is 1. The molecule has 0 aliphatic heterocycles. The smallest absolute Gasteiger partial charge is 0.319 e. The van der Waals surface area contributed by atoms with Gasteiger partial charge in [-0.2, -0.15) is 0 Å². The highest BCUT2D eigenvalue weighted by Crippen LogP contribution is 2.27. The second-order valence-corrected chi connectivity index (χ2v) is 5.37. The molecule has 0 fully saturated rings. The molecule has 122 valence electrons. The normalized spacial score (nSPS) is 11.5. The van der Waals surface area contributed by atoms with Crippen molar-refractivity contribution in [3.8, 4) is 11.5 Å². The SMILES string of the molecule is COc1ccc(C(C)NC(=O)Nc2cc(Cl)ccc2OC)cc1. The number of halogens is 1. The van der Waals surface area contributed by atoms with Crippen molar-refractivity contribution in [3.05, 3.63) is 53.1 Å². The van der Waals surface area contributed by atoms with Crippen LogP contribution in [0.4, 0.5) is 10.5 Å². The van der Waals surface area contributed by atoms with Crippen LogP contribution in [0.1, 0.15) is 18.5 Å². The van der Waals surface area contributed by atoms with Crippen LogP contribution in [-0.2, 0) is 0 Å². The molecule has 2 rings (SSSR count). The first-order chi connectivity index (χ1) is 11.0. The fourth-order valence-corrected chi connectivity index (χ4v) is 2.28. The van der Waals surface area contributed by atoms with Gasteiger partial charge in [0.1, 0.15) is 11.5 Å². The number of methoxy groups -OCH3 is 2. The minimum Gasteiger partial charge on any atom is -0.497 e. The molecular formula is C17H19ClN2O3. The van der Waals surface area contributed by atoms with Crippen molar-refractivity contribution in [2.75, 3.05) is 19.5 Å². The van der Waals surface area contributed by atoms with E-state index in [0.29, 0.717) is 16.5 Å². The van der Waals surface area contributed by atoms with E-state index in [0.717, 1.165) is 11.3 Å². The Bertz CT molecular complexity index is 674. The van der Waals surface area contributed by atoms with Crippen molar-refractivity contribution < 1.29 is 14.3 Å². The Kier molecular flexibility index (Phi) is 5.71. The van der Waals surface area contributed by atoms with Crippen molar-refractivity contribution >= 4 is 23.3 Å². The van der Waals surface area contributed by atoms with E-state index in [1.165, 1.54) is 7.11 Å². The zero-order chi connectivity index (χ0) is 16.8. The molecule has 0 radical (unpaired) electrons. The first kappa shape index (κ1) is 17.0. The Hall–Kier alpha value is -2.40. The Morgan fingerprint density at radius 2 is 1.78 bits per heavy atom. The number of carbonyl (C=O) groups excluding carboxylic acids is 1. The lowest BCUT2D eigenvalue weighted by atomic mass is 10.1. The third-order valence-electron chi connectivity index (χ3n) is 3.37. The zero-order valence-electron chi connectivity index (χ0n) is 13.2. The van der Waals surface area contributed by atoms with Gasteiger partial charge in [0.2, 0.25) is 0 Å². The van der Waals surface area contributed by atoms with Crippen LogP contribution in [0.5, 0.6) is 11.5 Å². The first-order valence-corrected chi connectivity index (χ1v) is 7.46. The van der Waals surface area contributed by atoms with E-state index in [4.69, 9.17) is 21.1 Å². The predicted octanol–water partition coefficient (Wildman–Crippen LogP) is 4.24. The largest absolute Gasteiger partial charge is 0.497 e. The molecule has 2 aromatic rings. The maximum absolute atomic E-state index is 12.2. The number of hydrogen-bond acceptors (Lipinski definition) is 3. The van der Waals surface area contributed by atoms with E-state index in [1.54, 1.807) is 25.3 Å². The fourth-order valence-electron chi connectivity index (χ4n) is 2.11. The number of nitrogens with one attached hydrogen (secondary N) is 2. The van der Waals surface area contributed by atoms with Gasteiger partial charge < -0.3 is 20.1 Å². The molecule has 2 amide bonds. The van der Waals surface area contributed by atoms with E-state index in [9.17, 15) is 4.79 Å². The van der Waals surface area contributed by atoms with Gasteiger partial charge in [0.05, 0.1) is 25.9 Å². The van der Waals surface area contributed by atoms with Crippen LogP contribution in [0.2, 0.25) is 5.02 Å². The summed E-state index contributed by atoms with van der Waals surface area (Å²) < 4.78 is 10.3. The van der Waals surface area contributed by atoms with Crippen LogP contribution in [0.25, 0.3) is 0 Å². The standard InChI is InChI=1S/C17H19ClN2O3/c1-11(12-4-7-14(22-2)8-5-12)19-17(21)20-15-10-13(18)6-9-16(15)23-3/h4-11H,1-3H3,(H2,19,20,21). The topological polar surface area (TPSA) is 59.6 Å². The molecule has 0 saturated carbocycles. The quantitative estimate of drug-likeness (QED) is 0.859. The summed E-state index contributed by atoms with van der Waals surface area (Å²) in [5, 5.41) is 6.12. The van der Waals surface area contributed by atoms with Crippen LogP contribution in [0, 0.1) is 0 Å². The fraction of sp³-hybridized carbons (Fsp3) is 0.235. The van der Waals surface area contributed by atoms with Gasteiger partial charge in [0.15, 0.2) is 0 Å². The van der Waals surface area contributed by atoms with E-state index in [-0.39, 0.29) is 12.1 Å². The number of hydrogen-bond donors (Lipinski definition) is 2. The van der Waals surface area contributed by atoms with Gasteiger partial charge in [0, 0.05) is 5.02 Å². The predicted molar refractivity (Wildman–Crippen MR) is 91.6 cm³/mol. The molecule has 2 N–H and O–H groups in total. The van der Waals surface area contributed by atoms with Crippen molar-refractivity contribution in [2.45, 2.75) is 13.0 Å². The summed E-state index contributed by atoms with van der Waals surface area (Å²) in [6.07, 6.45) is 0. The third-order valence-corrected chi connectivity index (χ3v) is 3.61. The third kappa shape index (κ3) is 4.53. The molecule has 0 heterocycles. The molecule has 0 aliphatic carbocycles. The summed E-state index contributed by atoms with van der Waals surface area (Å²) in [5.74, 6) is 1.32. The van der Waals surface area contributed by atoms with Crippen LogP contribution in [-0.4, -0.2) is 20.3 Å². The second-order valence-electron chi connectivity index (χ2n) is 4.94. The monoisotopic (exact) mass is 334 g/mol. The van der Waals surface area contributed by atoms with Crippen molar-refractivity contribution in [1.82, 2.24) is 5.32 Å². The molecule has 1 unspecified atom stereocenters. The van der Waals surface area contributed by atoms with Gasteiger partial charge in [0.25, 0.3) is 0 Å². The minimum absolute atomic E-state index is 0.161. The zero-order valence-corrected chi connectivity index (χ0v) is 14.0. The molecule has 0 aromatic heterocycles. The van der Waals surface area contributed by atoms with Crippen molar-refractivity contribution in [3.63, 3.8) is 0 Å². The summed E-state index contributed by atoms with van der Waals surface area (Å²) in [4.78, 5) is 12.2. The van der Waals surface area contributed by atoms with Crippen LogP contribution in [0.15, 0.2) is 42.5 Å². The van der Waals surface area contributed by atoms with E-state index in [2.05, 4.69) is 10.6 Å². The molecule has 1 atom stereocenters. The Morgan fingerprint density at radius 3 is 2.39 bits per heavy atom. The highest BCUT2D eigenvalue weighted by molar-refractivity contribution is 6.31. The van der Waals surface area contributed by atoms with Crippen LogP contribution in [0.3, 0.4) is 0 Å². The molecule has 0 bridgehead atoms. The van der Waals surface area contributed by atoms with E-state index in [1.807, 2.05) is 31.2 Å². The van der Waals surface area contributed by atoms with Gasteiger partial charge in [-0.3, -0.25) is 0 Å². The minimum atomic E-state index is -0.339. The van der Waals surface area contributed by atoms with E-state index < -0.39 is 0 Å². The molecule has 5 nitrogen and oxygen atoms in total. The number of benzene rings is 2. The number of carbonyl (C=O) groups is 1. The maximum atomic E-state index is 12.2. The summed E-state index contributed by atoms with van der Waals surface area (Å²) in [7, 11) is 3.15. The Labute approximate surface area is 140 Å². The Balaban J connectivity index is 2.02. The number of rotatable bonds is 5. The van der Waals surface area contributed by atoms with E-state index >= 15 is 0 Å². The lowest BCUT2D eigenvalue weighted by Crippen LogP contribution is -2.31. The van der Waals surface area contributed by atoms with Crippen molar-refractivity contribution in [1.29, 1.82) is 0 Å². The lowest BCUT2D eigenvalue weighted by molar-refractivity contribution is 0.249. The molecule has 23 heavy (non-hydrogen) atoms. The van der Waals surface area contributed by atoms with Crippen LogP contribution < -0.4 is 20.1 Å². The molecular weight excluding hydrogens is 316 g/mol. The van der Waals surface area contributed by atoms with Gasteiger partial charge in [-0.05, 0) is 42.8 Å². The van der Waals surface area contributed by atoms with Gasteiger partial charge in [-0.15, -0.1) is 0 Å². The highest BCUT2D eigenvalue weighted by Gasteiger charge is 2.12. The van der Waals surface area contributed by atoms with Gasteiger partial charge >= 0.3 is 6.03 Å². The summed E-state index contributed by atoms with van der Waals surface area (Å²) in [5.41, 5.74) is 1.48. The lowest BCUT2D eigenvalue weighted by Gasteiger charge is -2.16. The number of anilines is 1. The average molecular weight is 335 g/mol.